The van der Waals surface area contributed by atoms with Crippen molar-refractivity contribution in [1.82, 2.24) is 24.6 Å². The van der Waals surface area contributed by atoms with Crippen molar-refractivity contribution in [2.45, 2.75) is 6.92 Å². The zero-order valence-corrected chi connectivity index (χ0v) is 14.3. The Morgan fingerprint density at radius 2 is 2.20 bits per heavy atom. The maximum atomic E-state index is 13.8. The minimum Gasteiger partial charge on any atom is -0.324 e. The van der Waals surface area contributed by atoms with Gasteiger partial charge in [-0.25, -0.2) is 18.9 Å². The number of carbonyl (C=O) groups excluding carboxylic acids is 1. The second-order valence-electron chi connectivity index (χ2n) is 7.31. The third kappa shape index (κ3) is 2.86. The largest absolute Gasteiger partial charge is 0.324 e. The summed E-state index contributed by atoms with van der Waals surface area (Å²) in [5.41, 5.74) is 0.155. The molecule has 0 unspecified atom stereocenters. The van der Waals surface area contributed by atoms with Crippen LogP contribution in [0.4, 0.5) is 15.0 Å². The molecule has 0 radical (unpaired) electrons. The standard InChI is InChI=1S/C17H21FN6O/c1-17-10-22(2)8-12(17)9-23(11-17)16(25)20-14-5-7-24(21-14)15-13(18)4-3-6-19-15/h3-7,12H,8-11H2,1-2H3,(H,20,21,25)/t12-,17+/m1/s1. The summed E-state index contributed by atoms with van der Waals surface area (Å²) in [6, 6.07) is 4.32. The van der Waals surface area contributed by atoms with Crippen molar-refractivity contribution >= 4 is 11.8 Å². The van der Waals surface area contributed by atoms with Crippen molar-refractivity contribution < 1.29 is 9.18 Å². The lowest BCUT2D eigenvalue weighted by Crippen LogP contribution is -2.37. The molecule has 0 aliphatic carbocycles. The number of nitrogens with zero attached hydrogens (tertiary/aromatic N) is 5. The first-order valence-electron chi connectivity index (χ1n) is 8.36. The molecule has 4 heterocycles. The number of aromatic nitrogens is 3. The maximum Gasteiger partial charge on any atom is 0.323 e. The molecular formula is C17H21FN6O. The number of amides is 2. The summed E-state index contributed by atoms with van der Waals surface area (Å²) >= 11 is 0. The predicted molar refractivity (Wildman–Crippen MR) is 91.0 cm³/mol. The molecular weight excluding hydrogens is 323 g/mol. The molecule has 2 aromatic heterocycles. The molecule has 2 aliphatic heterocycles. The fraction of sp³-hybridized carbons (Fsp3) is 0.471. The molecule has 25 heavy (non-hydrogen) atoms. The minimum atomic E-state index is -0.465. The minimum absolute atomic E-state index is 0.106. The summed E-state index contributed by atoms with van der Waals surface area (Å²) in [6.07, 6.45) is 3.08. The molecule has 1 N–H and O–H groups in total. The number of hydrogen-bond acceptors (Lipinski definition) is 4. The van der Waals surface area contributed by atoms with E-state index >= 15 is 0 Å². The molecule has 0 bridgehead atoms. The average Bonchev–Trinajstić information content (AvgIpc) is 3.19. The van der Waals surface area contributed by atoms with Gasteiger partial charge in [0, 0.05) is 50.1 Å². The van der Waals surface area contributed by atoms with Crippen LogP contribution in [0.15, 0.2) is 30.6 Å². The number of pyridine rings is 1. The van der Waals surface area contributed by atoms with Crippen molar-refractivity contribution in [2.75, 3.05) is 38.5 Å². The number of likely N-dealkylation sites (tertiary alicyclic amines) is 2. The van der Waals surface area contributed by atoms with Gasteiger partial charge < -0.3 is 9.80 Å². The Kier molecular flexibility index (Phi) is 3.72. The van der Waals surface area contributed by atoms with Gasteiger partial charge in [0.2, 0.25) is 0 Å². The maximum absolute atomic E-state index is 13.8. The normalized spacial score (nSPS) is 26.0. The zero-order valence-electron chi connectivity index (χ0n) is 14.3. The smallest absolute Gasteiger partial charge is 0.323 e. The summed E-state index contributed by atoms with van der Waals surface area (Å²) in [5.74, 6) is 0.528. The van der Waals surface area contributed by atoms with Crippen LogP contribution in [0.25, 0.3) is 5.82 Å². The molecule has 132 valence electrons. The Morgan fingerprint density at radius 3 is 2.96 bits per heavy atom. The fourth-order valence-electron chi connectivity index (χ4n) is 4.03. The summed E-state index contributed by atoms with van der Waals surface area (Å²) in [6.45, 7) is 5.77. The van der Waals surface area contributed by atoms with E-state index in [-0.39, 0.29) is 17.3 Å². The number of fused-ring (bicyclic) bond motifs is 1. The van der Waals surface area contributed by atoms with Gasteiger partial charge in [0.15, 0.2) is 17.5 Å². The highest BCUT2D eigenvalue weighted by Crippen LogP contribution is 2.41. The Hall–Kier alpha value is -2.48. The molecule has 4 rings (SSSR count). The molecule has 2 amide bonds. The van der Waals surface area contributed by atoms with Crippen molar-refractivity contribution in [3.63, 3.8) is 0 Å². The van der Waals surface area contributed by atoms with Gasteiger partial charge in [-0.3, -0.25) is 5.32 Å². The third-order valence-corrected chi connectivity index (χ3v) is 5.21. The second-order valence-corrected chi connectivity index (χ2v) is 7.31. The average molecular weight is 344 g/mol. The number of urea groups is 1. The van der Waals surface area contributed by atoms with E-state index in [1.165, 1.54) is 23.0 Å². The van der Waals surface area contributed by atoms with E-state index in [1.807, 2.05) is 4.90 Å². The summed E-state index contributed by atoms with van der Waals surface area (Å²) in [4.78, 5) is 20.7. The van der Waals surface area contributed by atoms with Crippen LogP contribution >= 0.6 is 0 Å². The molecule has 8 heteroatoms. The van der Waals surface area contributed by atoms with Crippen molar-refractivity contribution in [2.24, 2.45) is 11.3 Å². The molecule has 2 aliphatic rings. The SMILES string of the molecule is CN1C[C@@H]2CN(C(=O)Nc3ccn(-c4ncccc4F)n3)C[C@]2(C)C1. The van der Waals surface area contributed by atoms with E-state index < -0.39 is 5.82 Å². The van der Waals surface area contributed by atoms with Crippen molar-refractivity contribution in [3.8, 4) is 5.82 Å². The monoisotopic (exact) mass is 344 g/mol. The van der Waals surface area contributed by atoms with E-state index in [0.29, 0.717) is 11.7 Å². The predicted octanol–water partition coefficient (Wildman–Crippen LogP) is 1.82. The van der Waals surface area contributed by atoms with Gasteiger partial charge in [0.1, 0.15) is 0 Å². The van der Waals surface area contributed by atoms with Crippen molar-refractivity contribution in [1.29, 1.82) is 0 Å². The van der Waals surface area contributed by atoms with Crippen LogP contribution in [0.3, 0.4) is 0 Å². The molecule has 0 saturated carbocycles. The quantitative estimate of drug-likeness (QED) is 0.902. The Bertz CT molecular complexity index is 808. The molecule has 2 fully saturated rings. The number of nitrogens with one attached hydrogen (secondary N) is 1. The van der Waals surface area contributed by atoms with Crippen LogP contribution < -0.4 is 5.32 Å². The lowest BCUT2D eigenvalue weighted by atomic mass is 9.83. The Balaban J connectivity index is 1.44. The number of halogens is 1. The molecule has 2 saturated heterocycles. The van der Waals surface area contributed by atoms with Gasteiger partial charge >= 0.3 is 6.03 Å². The fourth-order valence-corrected chi connectivity index (χ4v) is 4.03. The van der Waals surface area contributed by atoms with Gasteiger partial charge in [0.25, 0.3) is 0 Å². The Morgan fingerprint density at radius 1 is 1.36 bits per heavy atom. The number of hydrogen-bond donors (Lipinski definition) is 1. The number of rotatable bonds is 2. The van der Waals surface area contributed by atoms with Crippen LogP contribution in [0.1, 0.15) is 6.92 Å². The van der Waals surface area contributed by atoms with E-state index in [1.54, 1.807) is 12.3 Å². The third-order valence-electron chi connectivity index (χ3n) is 5.21. The summed E-state index contributed by atoms with van der Waals surface area (Å²) < 4.78 is 15.1. The topological polar surface area (TPSA) is 66.3 Å². The van der Waals surface area contributed by atoms with E-state index in [0.717, 1.165) is 26.2 Å². The van der Waals surface area contributed by atoms with E-state index in [9.17, 15) is 9.18 Å². The van der Waals surface area contributed by atoms with Gasteiger partial charge in [-0.05, 0) is 25.1 Å². The Labute approximate surface area is 145 Å². The van der Waals surface area contributed by atoms with Crippen LogP contribution in [0.2, 0.25) is 0 Å². The number of carbonyl (C=O) groups is 1. The van der Waals surface area contributed by atoms with Crippen LogP contribution in [-0.2, 0) is 0 Å². The number of anilines is 1. The highest BCUT2D eigenvalue weighted by Gasteiger charge is 2.49. The highest BCUT2D eigenvalue weighted by atomic mass is 19.1. The first-order valence-corrected chi connectivity index (χ1v) is 8.36. The molecule has 2 atom stereocenters. The van der Waals surface area contributed by atoms with E-state index in [2.05, 4.69) is 34.3 Å². The van der Waals surface area contributed by atoms with E-state index in [4.69, 9.17) is 0 Å². The second kappa shape index (κ2) is 5.80. The van der Waals surface area contributed by atoms with Gasteiger partial charge in [-0.1, -0.05) is 6.92 Å². The molecule has 7 nitrogen and oxygen atoms in total. The van der Waals surface area contributed by atoms with Crippen LogP contribution in [0, 0.1) is 17.2 Å². The zero-order chi connectivity index (χ0) is 17.6. The lowest BCUT2D eigenvalue weighted by Gasteiger charge is -2.23. The first kappa shape index (κ1) is 16.0. The molecule has 0 aromatic carbocycles. The highest BCUT2D eigenvalue weighted by molar-refractivity contribution is 5.88. The molecule has 0 spiro atoms. The summed E-state index contributed by atoms with van der Waals surface area (Å²) in [5, 5.41) is 7.00. The van der Waals surface area contributed by atoms with Gasteiger partial charge in [0.05, 0.1) is 0 Å². The van der Waals surface area contributed by atoms with Gasteiger partial charge in [-0.2, -0.15) is 0 Å². The lowest BCUT2D eigenvalue weighted by molar-refractivity contribution is 0.208. The van der Waals surface area contributed by atoms with Gasteiger partial charge in [-0.15, -0.1) is 5.10 Å². The summed E-state index contributed by atoms with van der Waals surface area (Å²) in [7, 11) is 2.12. The van der Waals surface area contributed by atoms with Crippen molar-refractivity contribution in [3.05, 3.63) is 36.4 Å². The first-order chi connectivity index (χ1) is 11.9. The van der Waals surface area contributed by atoms with Crippen LogP contribution in [-0.4, -0.2) is 63.8 Å². The molecule has 2 aromatic rings. The van der Waals surface area contributed by atoms with Crippen LogP contribution in [0.5, 0.6) is 0 Å².